The number of ether oxygens (including phenoxy) is 1. The third-order valence-electron chi connectivity index (χ3n) is 4.19. The molecule has 0 spiro atoms. The summed E-state index contributed by atoms with van der Waals surface area (Å²) in [7, 11) is 1.68. The van der Waals surface area contributed by atoms with Crippen LogP contribution in [0, 0.1) is 11.8 Å². The quantitative estimate of drug-likeness (QED) is 0.682. The average Bonchev–Trinajstić information content (AvgIpc) is 2.94. The molecule has 0 amide bonds. The lowest BCUT2D eigenvalue weighted by Gasteiger charge is -2.25. The van der Waals surface area contributed by atoms with Crippen LogP contribution in [0.15, 0.2) is 4.42 Å². The predicted octanol–water partition coefficient (Wildman–Crippen LogP) is 2.43. The predicted molar refractivity (Wildman–Crippen MR) is 82.1 cm³/mol. The van der Waals surface area contributed by atoms with Gasteiger partial charge in [0.2, 0.25) is 5.89 Å². The average molecular weight is 296 g/mol. The van der Waals surface area contributed by atoms with Crippen molar-refractivity contribution in [2.45, 2.75) is 45.6 Å². The fourth-order valence-electron chi connectivity index (χ4n) is 2.77. The molecule has 0 unspecified atom stereocenters. The Balaban J connectivity index is 1.59. The number of aromatic nitrogens is 2. The summed E-state index contributed by atoms with van der Waals surface area (Å²) < 4.78 is 10.5. The Kier molecular flexibility index (Phi) is 6.95. The number of anilines is 1. The number of hydrogen-bond donors (Lipinski definition) is 2. The van der Waals surface area contributed by atoms with Crippen molar-refractivity contribution in [2.75, 3.05) is 32.1 Å². The second kappa shape index (κ2) is 9.00. The molecule has 120 valence electrons. The standard InChI is InChI=1S/C15H28N4O2/c1-12-3-5-13(6-4-12)7-8-17-15-19-18-14(21-15)11-16-9-10-20-2/h12-13,16H,3-11H2,1-2H3,(H,17,19). The van der Waals surface area contributed by atoms with Crippen LogP contribution in [-0.4, -0.2) is 37.0 Å². The molecule has 0 bridgehead atoms. The first-order chi connectivity index (χ1) is 10.3. The zero-order valence-corrected chi connectivity index (χ0v) is 13.2. The molecule has 0 radical (unpaired) electrons. The van der Waals surface area contributed by atoms with Crippen molar-refractivity contribution in [1.82, 2.24) is 15.5 Å². The molecule has 2 N–H and O–H groups in total. The Morgan fingerprint density at radius 2 is 2.00 bits per heavy atom. The highest BCUT2D eigenvalue weighted by Crippen LogP contribution is 2.30. The minimum atomic E-state index is 0.530. The van der Waals surface area contributed by atoms with Crippen LogP contribution in [0.2, 0.25) is 0 Å². The lowest BCUT2D eigenvalue weighted by atomic mass is 9.81. The number of hydrogen-bond acceptors (Lipinski definition) is 6. The molecule has 2 rings (SSSR count). The van der Waals surface area contributed by atoms with Gasteiger partial charge >= 0.3 is 6.01 Å². The number of nitrogens with zero attached hydrogens (tertiary/aromatic N) is 2. The molecule has 0 aliphatic heterocycles. The van der Waals surface area contributed by atoms with Crippen LogP contribution in [0.5, 0.6) is 0 Å². The van der Waals surface area contributed by atoms with E-state index in [4.69, 9.17) is 9.15 Å². The van der Waals surface area contributed by atoms with E-state index in [9.17, 15) is 0 Å². The van der Waals surface area contributed by atoms with Crippen molar-refractivity contribution in [3.05, 3.63) is 5.89 Å². The fraction of sp³-hybridized carbons (Fsp3) is 0.867. The van der Waals surface area contributed by atoms with Gasteiger partial charge in [0.25, 0.3) is 0 Å². The van der Waals surface area contributed by atoms with Crippen LogP contribution >= 0.6 is 0 Å². The van der Waals surface area contributed by atoms with E-state index in [1.807, 2.05) is 0 Å². The van der Waals surface area contributed by atoms with Crippen molar-refractivity contribution in [3.8, 4) is 0 Å². The van der Waals surface area contributed by atoms with Crippen LogP contribution in [0.3, 0.4) is 0 Å². The summed E-state index contributed by atoms with van der Waals surface area (Å²) in [6, 6.07) is 0.530. The highest BCUT2D eigenvalue weighted by atomic mass is 16.5. The second-order valence-electron chi connectivity index (χ2n) is 6.01. The molecule has 1 saturated carbocycles. The van der Waals surface area contributed by atoms with Crippen LogP contribution in [0.25, 0.3) is 0 Å². The minimum Gasteiger partial charge on any atom is -0.407 e. The fourth-order valence-corrected chi connectivity index (χ4v) is 2.77. The summed E-state index contributed by atoms with van der Waals surface area (Å²) >= 11 is 0. The molecule has 1 aromatic heterocycles. The van der Waals surface area contributed by atoms with Crippen LogP contribution in [0.4, 0.5) is 6.01 Å². The maximum Gasteiger partial charge on any atom is 0.315 e. The summed E-state index contributed by atoms with van der Waals surface area (Å²) in [5.74, 6) is 2.38. The molecular formula is C15H28N4O2. The van der Waals surface area contributed by atoms with Crippen molar-refractivity contribution in [1.29, 1.82) is 0 Å². The van der Waals surface area contributed by atoms with Crippen LogP contribution in [-0.2, 0) is 11.3 Å². The summed E-state index contributed by atoms with van der Waals surface area (Å²) in [6.07, 6.45) is 6.67. The zero-order valence-electron chi connectivity index (χ0n) is 13.2. The van der Waals surface area contributed by atoms with Crippen molar-refractivity contribution in [3.63, 3.8) is 0 Å². The summed E-state index contributed by atoms with van der Waals surface area (Å²) in [5, 5.41) is 14.4. The highest BCUT2D eigenvalue weighted by Gasteiger charge is 2.17. The van der Waals surface area contributed by atoms with Gasteiger partial charge in [-0.1, -0.05) is 37.7 Å². The van der Waals surface area contributed by atoms with Gasteiger partial charge in [0.05, 0.1) is 13.2 Å². The van der Waals surface area contributed by atoms with E-state index in [1.165, 1.54) is 32.1 Å². The van der Waals surface area contributed by atoms with Gasteiger partial charge in [0.1, 0.15) is 0 Å². The first-order valence-electron chi connectivity index (χ1n) is 8.04. The van der Waals surface area contributed by atoms with E-state index in [0.717, 1.165) is 24.9 Å². The minimum absolute atomic E-state index is 0.530. The molecule has 6 heteroatoms. The largest absolute Gasteiger partial charge is 0.407 e. The van der Waals surface area contributed by atoms with Gasteiger partial charge in [0, 0.05) is 20.2 Å². The number of rotatable bonds is 9. The van der Waals surface area contributed by atoms with Crippen molar-refractivity contribution < 1.29 is 9.15 Å². The third kappa shape index (κ3) is 6.01. The molecular weight excluding hydrogens is 268 g/mol. The van der Waals surface area contributed by atoms with Gasteiger partial charge in [-0.2, -0.15) is 0 Å². The van der Waals surface area contributed by atoms with E-state index in [0.29, 0.717) is 25.1 Å². The van der Waals surface area contributed by atoms with E-state index in [2.05, 4.69) is 27.8 Å². The Morgan fingerprint density at radius 3 is 2.76 bits per heavy atom. The van der Waals surface area contributed by atoms with Gasteiger partial charge in [-0.15, -0.1) is 5.10 Å². The van der Waals surface area contributed by atoms with E-state index in [1.54, 1.807) is 7.11 Å². The Hall–Kier alpha value is -1.14. The topological polar surface area (TPSA) is 72.2 Å². The SMILES string of the molecule is COCCNCc1nnc(NCCC2CCC(C)CC2)o1. The second-order valence-corrected chi connectivity index (χ2v) is 6.01. The first kappa shape index (κ1) is 16.2. The number of nitrogens with one attached hydrogen (secondary N) is 2. The van der Waals surface area contributed by atoms with Gasteiger partial charge in [-0.05, 0) is 18.3 Å². The Labute approximate surface area is 127 Å². The molecule has 0 saturated heterocycles. The first-order valence-corrected chi connectivity index (χ1v) is 8.04. The molecule has 21 heavy (non-hydrogen) atoms. The smallest absolute Gasteiger partial charge is 0.315 e. The summed E-state index contributed by atoms with van der Waals surface area (Å²) in [6.45, 7) is 5.31. The molecule has 1 aliphatic rings. The van der Waals surface area contributed by atoms with Gasteiger partial charge in [-0.25, -0.2) is 0 Å². The summed E-state index contributed by atoms with van der Waals surface area (Å²) in [4.78, 5) is 0. The monoisotopic (exact) mass is 296 g/mol. The lowest BCUT2D eigenvalue weighted by molar-refractivity contribution is 0.198. The Morgan fingerprint density at radius 1 is 1.19 bits per heavy atom. The van der Waals surface area contributed by atoms with E-state index < -0.39 is 0 Å². The van der Waals surface area contributed by atoms with Crippen LogP contribution in [0.1, 0.15) is 44.9 Å². The van der Waals surface area contributed by atoms with Crippen LogP contribution < -0.4 is 10.6 Å². The van der Waals surface area contributed by atoms with Gasteiger partial charge in [-0.3, -0.25) is 0 Å². The van der Waals surface area contributed by atoms with Gasteiger partial charge < -0.3 is 19.8 Å². The molecule has 1 heterocycles. The molecule has 6 nitrogen and oxygen atoms in total. The highest BCUT2D eigenvalue weighted by molar-refractivity contribution is 5.16. The molecule has 0 atom stereocenters. The Bertz CT molecular complexity index is 389. The van der Waals surface area contributed by atoms with Crippen molar-refractivity contribution >= 4 is 6.01 Å². The molecule has 1 aliphatic carbocycles. The van der Waals surface area contributed by atoms with Crippen molar-refractivity contribution in [2.24, 2.45) is 11.8 Å². The van der Waals surface area contributed by atoms with Gasteiger partial charge in [0.15, 0.2) is 0 Å². The third-order valence-corrected chi connectivity index (χ3v) is 4.19. The van der Waals surface area contributed by atoms with E-state index >= 15 is 0 Å². The summed E-state index contributed by atoms with van der Waals surface area (Å²) in [5.41, 5.74) is 0. The maximum absolute atomic E-state index is 5.53. The molecule has 0 aromatic carbocycles. The zero-order chi connectivity index (χ0) is 14.9. The molecule has 1 aromatic rings. The number of methoxy groups -OCH3 is 1. The normalized spacial score (nSPS) is 22.4. The maximum atomic E-state index is 5.53. The molecule has 1 fully saturated rings. The lowest BCUT2D eigenvalue weighted by Crippen LogP contribution is -2.18. The van der Waals surface area contributed by atoms with E-state index in [-0.39, 0.29) is 0 Å².